The first kappa shape index (κ1) is 12.7. The zero-order chi connectivity index (χ0) is 12.5. The second-order valence-corrected chi connectivity index (χ2v) is 6.79. The van der Waals surface area contributed by atoms with E-state index in [0.717, 1.165) is 17.8 Å². The van der Waals surface area contributed by atoms with Gasteiger partial charge >= 0.3 is 0 Å². The molecule has 0 spiro atoms. The van der Waals surface area contributed by atoms with E-state index in [2.05, 4.69) is 58.7 Å². The van der Waals surface area contributed by atoms with Gasteiger partial charge in [-0.25, -0.2) is 0 Å². The van der Waals surface area contributed by atoms with Crippen LogP contribution in [-0.2, 0) is 0 Å². The fraction of sp³-hybridized carbons (Fsp3) is 0.600. The quantitative estimate of drug-likeness (QED) is 0.766. The Labute approximate surface area is 123 Å². The maximum absolute atomic E-state index is 6.00. The van der Waals surface area contributed by atoms with E-state index < -0.39 is 0 Å². The topological polar surface area (TPSA) is 12.5 Å². The number of halogens is 1. The third-order valence-corrected chi connectivity index (χ3v) is 4.98. The first-order chi connectivity index (χ1) is 8.72. The minimum absolute atomic E-state index is 0.433. The van der Waals surface area contributed by atoms with Crippen LogP contribution >= 0.6 is 22.6 Å². The highest BCUT2D eigenvalue weighted by Gasteiger charge is 2.38. The van der Waals surface area contributed by atoms with Gasteiger partial charge in [0, 0.05) is 28.5 Å². The van der Waals surface area contributed by atoms with Crippen molar-refractivity contribution in [3.05, 3.63) is 27.8 Å². The van der Waals surface area contributed by atoms with E-state index in [-0.39, 0.29) is 0 Å². The van der Waals surface area contributed by atoms with Crippen LogP contribution in [-0.4, -0.2) is 29.6 Å². The predicted octanol–water partition coefficient (Wildman–Crippen LogP) is 3.69. The average Bonchev–Trinajstić information content (AvgIpc) is 2.72. The fourth-order valence-electron chi connectivity index (χ4n) is 3.11. The number of benzene rings is 1. The number of nitrogens with zero attached hydrogens (tertiary/aromatic N) is 1. The summed E-state index contributed by atoms with van der Waals surface area (Å²) in [5, 5.41) is 0. The van der Waals surface area contributed by atoms with E-state index in [1.165, 1.54) is 35.8 Å². The van der Waals surface area contributed by atoms with Gasteiger partial charge in [-0.3, -0.25) is 4.90 Å². The predicted molar refractivity (Wildman–Crippen MR) is 82.0 cm³/mol. The van der Waals surface area contributed by atoms with Crippen molar-refractivity contribution in [1.82, 2.24) is 4.90 Å². The Hall–Kier alpha value is -0.290. The highest BCUT2D eigenvalue weighted by Crippen LogP contribution is 2.34. The molecule has 3 rings (SSSR count). The van der Waals surface area contributed by atoms with E-state index in [0.29, 0.717) is 6.10 Å². The van der Waals surface area contributed by atoms with Gasteiger partial charge in [-0.1, -0.05) is 0 Å². The second kappa shape index (κ2) is 5.37. The summed E-state index contributed by atoms with van der Waals surface area (Å²) >= 11 is 2.32. The molecule has 1 saturated heterocycles. The second-order valence-electron chi connectivity index (χ2n) is 5.55. The molecule has 3 heteroatoms. The van der Waals surface area contributed by atoms with Gasteiger partial charge < -0.3 is 4.74 Å². The van der Waals surface area contributed by atoms with Crippen LogP contribution in [0.4, 0.5) is 0 Å². The number of hydrogen-bond donors (Lipinski definition) is 0. The van der Waals surface area contributed by atoms with E-state index in [9.17, 15) is 0 Å². The Kier molecular flexibility index (Phi) is 3.80. The lowest BCUT2D eigenvalue weighted by molar-refractivity contribution is 0.0141. The van der Waals surface area contributed by atoms with Crippen LogP contribution in [0.2, 0.25) is 0 Å². The minimum Gasteiger partial charge on any atom is -0.490 e. The van der Waals surface area contributed by atoms with Gasteiger partial charge in [-0.15, -0.1) is 0 Å². The third-order valence-electron chi connectivity index (χ3n) is 4.26. The fourth-order valence-corrected chi connectivity index (χ4v) is 3.47. The van der Waals surface area contributed by atoms with Crippen molar-refractivity contribution in [2.75, 3.05) is 6.54 Å². The molecule has 1 saturated carbocycles. The molecule has 1 heterocycles. The van der Waals surface area contributed by atoms with Crippen molar-refractivity contribution in [2.45, 2.75) is 50.8 Å². The highest BCUT2D eigenvalue weighted by molar-refractivity contribution is 14.1. The Morgan fingerprint density at radius 3 is 2.56 bits per heavy atom. The molecule has 1 aliphatic carbocycles. The summed E-state index contributed by atoms with van der Waals surface area (Å²) in [6.45, 7) is 3.66. The molecular weight excluding hydrogens is 337 g/mol. The van der Waals surface area contributed by atoms with Crippen LogP contribution in [0.3, 0.4) is 0 Å². The summed E-state index contributed by atoms with van der Waals surface area (Å²) in [7, 11) is 0. The first-order valence-corrected chi connectivity index (χ1v) is 7.98. The Bertz CT molecular complexity index is 399. The molecular formula is C15H20INO. The monoisotopic (exact) mass is 357 g/mol. The smallest absolute Gasteiger partial charge is 0.119 e. The molecule has 0 amide bonds. The summed E-state index contributed by atoms with van der Waals surface area (Å²) in [4.78, 5) is 2.67. The number of rotatable bonds is 3. The molecule has 1 aromatic rings. The molecule has 1 atom stereocenters. The molecule has 98 valence electrons. The summed E-state index contributed by atoms with van der Waals surface area (Å²) < 4.78 is 7.26. The van der Waals surface area contributed by atoms with E-state index in [4.69, 9.17) is 4.74 Å². The molecule has 0 radical (unpaired) electrons. The number of hydrogen-bond acceptors (Lipinski definition) is 2. The SMILES string of the molecule is CC1CCCN1C1CC(Oc2ccc(I)cc2)C1. The normalized spacial score (nSPS) is 32.2. The lowest BCUT2D eigenvalue weighted by Gasteiger charge is -2.42. The molecule has 0 bridgehead atoms. The summed E-state index contributed by atoms with van der Waals surface area (Å²) in [5.41, 5.74) is 0. The van der Waals surface area contributed by atoms with Crippen LogP contribution in [0.25, 0.3) is 0 Å². The van der Waals surface area contributed by atoms with E-state index in [1.54, 1.807) is 0 Å². The van der Waals surface area contributed by atoms with Crippen LogP contribution in [0.5, 0.6) is 5.75 Å². The zero-order valence-electron chi connectivity index (χ0n) is 10.8. The lowest BCUT2D eigenvalue weighted by Crippen LogP contribution is -2.50. The van der Waals surface area contributed by atoms with Gasteiger partial charge in [-0.2, -0.15) is 0 Å². The number of ether oxygens (including phenoxy) is 1. The number of likely N-dealkylation sites (tertiary alicyclic amines) is 1. The van der Waals surface area contributed by atoms with Crippen LogP contribution < -0.4 is 4.74 Å². The van der Waals surface area contributed by atoms with Gasteiger partial charge in [0.05, 0.1) is 0 Å². The van der Waals surface area contributed by atoms with Gasteiger partial charge in [-0.05, 0) is 73.2 Å². The van der Waals surface area contributed by atoms with E-state index >= 15 is 0 Å². The molecule has 1 aromatic carbocycles. The van der Waals surface area contributed by atoms with Crippen LogP contribution in [0.15, 0.2) is 24.3 Å². The summed E-state index contributed by atoms with van der Waals surface area (Å²) in [5.74, 6) is 1.02. The van der Waals surface area contributed by atoms with Crippen molar-refractivity contribution in [1.29, 1.82) is 0 Å². The van der Waals surface area contributed by atoms with Crippen molar-refractivity contribution >= 4 is 22.6 Å². The Balaban J connectivity index is 1.49. The maximum Gasteiger partial charge on any atom is 0.119 e. The van der Waals surface area contributed by atoms with Crippen molar-refractivity contribution in [3.63, 3.8) is 0 Å². The molecule has 0 aromatic heterocycles. The van der Waals surface area contributed by atoms with Gasteiger partial charge in [0.1, 0.15) is 11.9 Å². The zero-order valence-corrected chi connectivity index (χ0v) is 13.0. The van der Waals surface area contributed by atoms with Crippen molar-refractivity contribution < 1.29 is 4.74 Å². The Morgan fingerprint density at radius 1 is 1.22 bits per heavy atom. The maximum atomic E-state index is 6.00. The highest BCUT2D eigenvalue weighted by atomic mass is 127. The van der Waals surface area contributed by atoms with E-state index in [1.807, 2.05) is 0 Å². The first-order valence-electron chi connectivity index (χ1n) is 6.90. The van der Waals surface area contributed by atoms with Gasteiger partial charge in [0.2, 0.25) is 0 Å². The molecule has 2 fully saturated rings. The molecule has 1 aliphatic heterocycles. The van der Waals surface area contributed by atoms with Crippen LogP contribution in [0.1, 0.15) is 32.6 Å². The molecule has 2 nitrogen and oxygen atoms in total. The van der Waals surface area contributed by atoms with Crippen molar-refractivity contribution in [3.8, 4) is 5.75 Å². The van der Waals surface area contributed by atoms with Gasteiger partial charge in [0.15, 0.2) is 0 Å². The molecule has 18 heavy (non-hydrogen) atoms. The minimum atomic E-state index is 0.433. The average molecular weight is 357 g/mol. The summed E-state index contributed by atoms with van der Waals surface area (Å²) in [6, 6.07) is 9.93. The Morgan fingerprint density at radius 2 is 1.94 bits per heavy atom. The third kappa shape index (κ3) is 2.67. The largest absolute Gasteiger partial charge is 0.490 e. The standard InChI is InChI=1S/C15H20INO/c1-11-3-2-8-17(11)13-9-15(10-13)18-14-6-4-12(16)5-7-14/h4-7,11,13,15H,2-3,8-10H2,1H3. The van der Waals surface area contributed by atoms with Crippen LogP contribution in [0, 0.1) is 3.57 Å². The summed E-state index contributed by atoms with van der Waals surface area (Å²) in [6.07, 6.45) is 5.59. The molecule has 0 N–H and O–H groups in total. The lowest BCUT2D eigenvalue weighted by atomic mass is 9.87. The van der Waals surface area contributed by atoms with Crippen molar-refractivity contribution in [2.24, 2.45) is 0 Å². The van der Waals surface area contributed by atoms with Gasteiger partial charge in [0.25, 0.3) is 0 Å². The molecule has 1 unspecified atom stereocenters. The molecule has 2 aliphatic rings.